The van der Waals surface area contributed by atoms with Gasteiger partial charge in [-0.25, -0.2) is 4.98 Å². The van der Waals surface area contributed by atoms with Gasteiger partial charge in [0.1, 0.15) is 9.88 Å². The number of carbonyl (C=O) groups is 1. The van der Waals surface area contributed by atoms with E-state index >= 15 is 0 Å². The number of nitrogens with zero attached hydrogens (tertiary/aromatic N) is 4. The molecule has 23 heavy (non-hydrogen) atoms. The molecule has 0 radical (unpaired) electrons. The quantitative estimate of drug-likeness (QED) is 0.930. The largest absolute Gasteiger partial charge is 0.396 e. The summed E-state index contributed by atoms with van der Waals surface area (Å²) in [6.45, 7) is 3.72. The van der Waals surface area contributed by atoms with E-state index < -0.39 is 0 Å². The second kappa shape index (κ2) is 6.41. The summed E-state index contributed by atoms with van der Waals surface area (Å²) in [6.07, 6.45) is 7.98. The molecule has 0 atom stereocenters. The number of aromatic nitrogens is 3. The Labute approximate surface area is 139 Å². The molecule has 1 N–H and O–H groups in total. The van der Waals surface area contributed by atoms with Crippen molar-refractivity contribution in [1.29, 1.82) is 0 Å². The van der Waals surface area contributed by atoms with Crippen molar-refractivity contribution in [3.63, 3.8) is 0 Å². The first-order chi connectivity index (χ1) is 11.1. The molecule has 2 aromatic heterocycles. The van der Waals surface area contributed by atoms with Gasteiger partial charge in [0, 0.05) is 38.5 Å². The van der Waals surface area contributed by atoms with Gasteiger partial charge in [0.2, 0.25) is 0 Å². The zero-order valence-corrected chi connectivity index (χ0v) is 14.3. The van der Waals surface area contributed by atoms with Gasteiger partial charge in [-0.05, 0) is 24.7 Å². The van der Waals surface area contributed by atoms with Crippen LogP contribution in [0.1, 0.15) is 35.9 Å². The van der Waals surface area contributed by atoms with Crippen molar-refractivity contribution in [2.75, 3.05) is 19.7 Å². The summed E-state index contributed by atoms with van der Waals surface area (Å²) in [4.78, 5) is 19.5. The highest BCUT2D eigenvalue weighted by molar-refractivity contribution is 7.16. The van der Waals surface area contributed by atoms with E-state index in [0.29, 0.717) is 18.0 Å². The third-order valence-corrected chi connectivity index (χ3v) is 5.90. The number of rotatable bonds is 4. The van der Waals surface area contributed by atoms with Crippen LogP contribution in [0.2, 0.25) is 0 Å². The van der Waals surface area contributed by atoms with Crippen LogP contribution in [0.25, 0.3) is 10.6 Å². The van der Waals surface area contributed by atoms with Crippen LogP contribution in [-0.2, 0) is 7.05 Å². The molecule has 0 aromatic carbocycles. The molecule has 1 fully saturated rings. The van der Waals surface area contributed by atoms with Crippen LogP contribution in [0.3, 0.4) is 0 Å². The summed E-state index contributed by atoms with van der Waals surface area (Å²) in [7, 11) is 1.86. The zero-order chi connectivity index (χ0) is 16.4. The van der Waals surface area contributed by atoms with Crippen LogP contribution in [-0.4, -0.2) is 50.4 Å². The second-order valence-corrected chi connectivity index (χ2v) is 7.27. The molecule has 1 saturated heterocycles. The lowest BCUT2D eigenvalue weighted by atomic mass is 9.77. The molecule has 3 rings (SSSR count). The van der Waals surface area contributed by atoms with Crippen molar-refractivity contribution < 1.29 is 9.90 Å². The van der Waals surface area contributed by atoms with Crippen molar-refractivity contribution in [2.24, 2.45) is 12.5 Å². The average molecular weight is 334 g/mol. The maximum absolute atomic E-state index is 12.7. The highest BCUT2D eigenvalue weighted by Gasteiger charge is 2.34. The number of hydrogen-bond acceptors (Lipinski definition) is 5. The number of likely N-dealkylation sites (tertiary alicyclic amines) is 1. The summed E-state index contributed by atoms with van der Waals surface area (Å²) < 4.78 is 1.72. The van der Waals surface area contributed by atoms with E-state index in [9.17, 15) is 9.90 Å². The summed E-state index contributed by atoms with van der Waals surface area (Å²) >= 11 is 1.41. The standard InChI is InChI=1S/C16H22N4O2S/c1-3-16(11-21)4-6-20(7-5-16)15(22)13-9-17-14(23-13)12-8-18-19(2)10-12/h8-10,21H,3-7,11H2,1-2H3. The average Bonchev–Trinajstić information content (AvgIpc) is 3.23. The van der Waals surface area contributed by atoms with Crippen molar-refractivity contribution in [2.45, 2.75) is 26.2 Å². The molecule has 0 bridgehead atoms. The van der Waals surface area contributed by atoms with E-state index in [4.69, 9.17) is 0 Å². The Morgan fingerprint density at radius 2 is 2.13 bits per heavy atom. The minimum absolute atomic E-state index is 0.00858. The Hall–Kier alpha value is -1.73. The van der Waals surface area contributed by atoms with Crippen LogP contribution >= 0.6 is 11.3 Å². The highest BCUT2D eigenvalue weighted by Crippen LogP contribution is 2.35. The number of aryl methyl sites for hydroxylation is 1. The molecular weight excluding hydrogens is 312 g/mol. The molecule has 124 valence electrons. The van der Waals surface area contributed by atoms with Crippen LogP contribution in [0.4, 0.5) is 0 Å². The first-order valence-electron chi connectivity index (χ1n) is 7.92. The predicted octanol–water partition coefficient (Wildman–Crippen LogP) is 2.17. The van der Waals surface area contributed by atoms with E-state index in [2.05, 4.69) is 17.0 Å². The fourth-order valence-corrected chi connectivity index (χ4v) is 3.86. The predicted molar refractivity (Wildman–Crippen MR) is 89.3 cm³/mol. The molecule has 1 aliphatic heterocycles. The number of carbonyl (C=O) groups excluding carboxylic acids is 1. The third kappa shape index (κ3) is 3.16. The maximum atomic E-state index is 12.7. The fourth-order valence-electron chi connectivity index (χ4n) is 3.00. The van der Waals surface area contributed by atoms with Crippen LogP contribution in [0.5, 0.6) is 0 Å². The monoisotopic (exact) mass is 334 g/mol. The molecule has 0 spiro atoms. The molecule has 1 aliphatic rings. The van der Waals surface area contributed by atoms with E-state index in [1.54, 1.807) is 17.1 Å². The number of aliphatic hydroxyl groups is 1. The summed E-state index contributed by atoms with van der Waals surface area (Å²) in [5.41, 5.74) is 0.922. The van der Waals surface area contributed by atoms with Gasteiger partial charge in [-0.1, -0.05) is 6.92 Å². The van der Waals surface area contributed by atoms with Gasteiger partial charge in [-0.15, -0.1) is 11.3 Å². The first kappa shape index (κ1) is 16.1. The maximum Gasteiger partial charge on any atom is 0.265 e. The Kier molecular flexibility index (Phi) is 4.50. The van der Waals surface area contributed by atoms with Crippen LogP contribution < -0.4 is 0 Å². The number of thiazole rings is 1. The number of amides is 1. The topological polar surface area (TPSA) is 71.2 Å². The SMILES string of the molecule is CCC1(CO)CCN(C(=O)c2cnc(-c3cnn(C)c3)s2)CC1. The van der Waals surface area contributed by atoms with Gasteiger partial charge < -0.3 is 10.0 Å². The number of hydrogen-bond donors (Lipinski definition) is 1. The Morgan fingerprint density at radius 1 is 1.39 bits per heavy atom. The zero-order valence-electron chi connectivity index (χ0n) is 13.5. The van der Waals surface area contributed by atoms with Crippen LogP contribution in [0, 0.1) is 5.41 Å². The van der Waals surface area contributed by atoms with Gasteiger partial charge in [-0.3, -0.25) is 9.48 Å². The minimum Gasteiger partial charge on any atom is -0.396 e. The Morgan fingerprint density at radius 3 is 2.70 bits per heavy atom. The first-order valence-corrected chi connectivity index (χ1v) is 8.73. The molecular formula is C16H22N4O2S. The number of aliphatic hydroxyl groups excluding tert-OH is 1. The Bertz CT molecular complexity index is 680. The lowest BCUT2D eigenvalue weighted by molar-refractivity contribution is 0.0341. The summed E-state index contributed by atoms with van der Waals surface area (Å²) in [5.74, 6) is 0.0419. The third-order valence-electron chi connectivity index (χ3n) is 4.87. The van der Waals surface area contributed by atoms with Gasteiger partial charge in [0.05, 0.1) is 12.4 Å². The van der Waals surface area contributed by atoms with Crippen molar-refractivity contribution in [1.82, 2.24) is 19.7 Å². The molecule has 0 unspecified atom stereocenters. The summed E-state index contributed by atoms with van der Waals surface area (Å²) in [5, 5.41) is 14.5. The lowest BCUT2D eigenvalue weighted by Crippen LogP contribution is -2.44. The molecule has 1 amide bonds. The molecule has 0 aliphatic carbocycles. The van der Waals surface area contributed by atoms with Crippen molar-refractivity contribution >= 4 is 17.2 Å². The minimum atomic E-state index is -0.00858. The molecule has 0 saturated carbocycles. The van der Waals surface area contributed by atoms with Crippen molar-refractivity contribution in [3.05, 3.63) is 23.5 Å². The highest BCUT2D eigenvalue weighted by atomic mass is 32.1. The molecule has 7 heteroatoms. The smallest absolute Gasteiger partial charge is 0.265 e. The van der Waals surface area contributed by atoms with E-state index in [-0.39, 0.29) is 17.9 Å². The lowest BCUT2D eigenvalue weighted by Gasteiger charge is -2.40. The van der Waals surface area contributed by atoms with Gasteiger partial charge in [0.15, 0.2) is 0 Å². The Balaban J connectivity index is 1.69. The summed E-state index contributed by atoms with van der Waals surface area (Å²) in [6, 6.07) is 0. The van der Waals surface area contributed by atoms with Gasteiger partial charge in [0.25, 0.3) is 5.91 Å². The molecule has 6 nitrogen and oxygen atoms in total. The van der Waals surface area contributed by atoms with Gasteiger partial charge in [-0.2, -0.15) is 5.10 Å². The number of piperidine rings is 1. The second-order valence-electron chi connectivity index (χ2n) is 6.24. The van der Waals surface area contributed by atoms with E-state index in [1.807, 2.05) is 18.1 Å². The van der Waals surface area contributed by atoms with E-state index in [0.717, 1.165) is 29.8 Å². The van der Waals surface area contributed by atoms with Gasteiger partial charge >= 0.3 is 0 Å². The van der Waals surface area contributed by atoms with E-state index in [1.165, 1.54) is 11.3 Å². The van der Waals surface area contributed by atoms with Crippen molar-refractivity contribution in [3.8, 4) is 10.6 Å². The fraction of sp³-hybridized carbons (Fsp3) is 0.562. The molecule has 2 aromatic rings. The normalized spacial score (nSPS) is 17.4. The molecule has 3 heterocycles. The van der Waals surface area contributed by atoms with Crippen LogP contribution in [0.15, 0.2) is 18.6 Å².